The maximum absolute atomic E-state index is 6.23. The zero-order valence-electron chi connectivity index (χ0n) is 13.1. The van der Waals surface area contributed by atoms with Gasteiger partial charge in [-0.15, -0.1) is 30.6 Å². The molecule has 7 heteroatoms. The summed E-state index contributed by atoms with van der Waals surface area (Å²) in [5.74, 6) is 1.88. The van der Waals surface area contributed by atoms with Crippen molar-refractivity contribution in [3.63, 3.8) is 0 Å². The lowest BCUT2D eigenvalue weighted by Crippen LogP contribution is -2.36. The number of methoxy groups -OCH3 is 1. The number of hydrogen-bond donors (Lipinski definition) is 2. The predicted octanol–water partition coefficient (Wildman–Crippen LogP) is 3.22. The second-order valence-corrected chi connectivity index (χ2v) is 4.54. The molecule has 0 heterocycles. The Balaban J connectivity index is 0.00000441. The van der Waals surface area contributed by atoms with Crippen LogP contribution in [-0.4, -0.2) is 33.3 Å². The van der Waals surface area contributed by atoms with E-state index in [1.807, 2.05) is 19.1 Å². The van der Waals surface area contributed by atoms with Crippen molar-refractivity contribution in [1.29, 1.82) is 0 Å². The van der Waals surface area contributed by atoms with Gasteiger partial charge in [0.25, 0.3) is 0 Å². The van der Waals surface area contributed by atoms with Crippen molar-refractivity contribution in [2.45, 2.75) is 13.5 Å². The Morgan fingerprint density at radius 2 is 2.14 bits per heavy atom. The predicted molar refractivity (Wildman–Crippen MR) is 103 cm³/mol. The number of rotatable bonds is 7. The van der Waals surface area contributed by atoms with Gasteiger partial charge in [-0.05, 0) is 24.6 Å². The second-order valence-electron chi connectivity index (χ2n) is 4.14. The van der Waals surface area contributed by atoms with Gasteiger partial charge in [0.2, 0.25) is 0 Å². The molecular weight excluding hydrogens is 417 g/mol. The van der Waals surface area contributed by atoms with Gasteiger partial charge in [-0.1, -0.05) is 17.7 Å². The van der Waals surface area contributed by atoms with E-state index in [9.17, 15) is 0 Å². The molecule has 1 aromatic rings. The van der Waals surface area contributed by atoms with Crippen LogP contribution < -0.4 is 20.1 Å². The van der Waals surface area contributed by atoms with Gasteiger partial charge in [0.05, 0.1) is 18.7 Å². The highest BCUT2D eigenvalue weighted by Crippen LogP contribution is 2.36. The van der Waals surface area contributed by atoms with Crippen molar-refractivity contribution in [2.75, 3.05) is 27.3 Å². The first-order chi connectivity index (χ1) is 10.2. The third-order valence-corrected chi connectivity index (χ3v) is 2.96. The van der Waals surface area contributed by atoms with E-state index in [-0.39, 0.29) is 24.0 Å². The van der Waals surface area contributed by atoms with Crippen molar-refractivity contribution in [2.24, 2.45) is 4.99 Å². The maximum Gasteiger partial charge on any atom is 0.191 e. The van der Waals surface area contributed by atoms with E-state index >= 15 is 0 Å². The summed E-state index contributed by atoms with van der Waals surface area (Å²) in [6.07, 6.45) is 1.77. The lowest BCUT2D eigenvalue weighted by atomic mass is 10.2. The number of guanidine groups is 1. The molecule has 0 spiro atoms. The average Bonchev–Trinajstić information content (AvgIpc) is 2.49. The zero-order valence-corrected chi connectivity index (χ0v) is 16.2. The molecule has 1 rings (SSSR count). The van der Waals surface area contributed by atoms with Crippen LogP contribution in [0.2, 0.25) is 5.02 Å². The first-order valence-electron chi connectivity index (χ1n) is 6.70. The Hall–Kier alpha value is -1.15. The second kappa shape index (κ2) is 11.4. The molecule has 0 aliphatic heterocycles. The first kappa shape index (κ1) is 20.9. The highest BCUT2D eigenvalue weighted by atomic mass is 127. The molecule has 0 saturated heterocycles. The third kappa shape index (κ3) is 6.31. The van der Waals surface area contributed by atoms with E-state index in [1.165, 1.54) is 0 Å². The molecule has 0 amide bonds. The smallest absolute Gasteiger partial charge is 0.191 e. The summed E-state index contributed by atoms with van der Waals surface area (Å²) < 4.78 is 10.8. The Bertz CT molecular complexity index is 510. The molecule has 0 aliphatic carbocycles. The van der Waals surface area contributed by atoms with Crippen molar-refractivity contribution >= 4 is 41.5 Å². The van der Waals surface area contributed by atoms with Crippen LogP contribution in [0.1, 0.15) is 12.5 Å². The SMILES string of the molecule is C=CCNC(=NC)NCc1cc(Cl)c(OCC)c(OC)c1.I. The van der Waals surface area contributed by atoms with Crippen LogP contribution in [0.25, 0.3) is 0 Å². The Morgan fingerprint density at radius 3 is 2.68 bits per heavy atom. The van der Waals surface area contributed by atoms with Crippen LogP contribution in [0.15, 0.2) is 29.8 Å². The summed E-state index contributed by atoms with van der Waals surface area (Å²) in [6.45, 7) is 7.30. The van der Waals surface area contributed by atoms with E-state index < -0.39 is 0 Å². The van der Waals surface area contributed by atoms with E-state index in [0.717, 1.165) is 5.56 Å². The summed E-state index contributed by atoms with van der Waals surface area (Å²) >= 11 is 6.23. The summed E-state index contributed by atoms with van der Waals surface area (Å²) in [4.78, 5) is 4.11. The van der Waals surface area contributed by atoms with Crippen LogP contribution in [0, 0.1) is 0 Å². The molecule has 0 bridgehead atoms. The Kier molecular flexibility index (Phi) is 10.8. The largest absolute Gasteiger partial charge is 0.493 e. The highest BCUT2D eigenvalue weighted by molar-refractivity contribution is 14.0. The Morgan fingerprint density at radius 1 is 1.41 bits per heavy atom. The molecule has 5 nitrogen and oxygen atoms in total. The van der Waals surface area contributed by atoms with Gasteiger partial charge in [0, 0.05) is 20.1 Å². The van der Waals surface area contributed by atoms with Gasteiger partial charge in [-0.25, -0.2) is 0 Å². The minimum atomic E-state index is 0. The highest BCUT2D eigenvalue weighted by Gasteiger charge is 2.11. The van der Waals surface area contributed by atoms with Gasteiger partial charge >= 0.3 is 0 Å². The van der Waals surface area contributed by atoms with Crippen molar-refractivity contribution in [1.82, 2.24) is 10.6 Å². The molecule has 0 aromatic heterocycles. The average molecular weight is 440 g/mol. The maximum atomic E-state index is 6.23. The quantitative estimate of drug-likeness (QED) is 0.296. The molecule has 2 N–H and O–H groups in total. The minimum Gasteiger partial charge on any atom is -0.493 e. The normalized spacial score (nSPS) is 10.5. The minimum absolute atomic E-state index is 0. The summed E-state index contributed by atoms with van der Waals surface area (Å²) in [6, 6.07) is 3.74. The Labute approximate surface area is 154 Å². The van der Waals surface area contributed by atoms with Gasteiger partial charge in [-0.2, -0.15) is 0 Å². The first-order valence-corrected chi connectivity index (χ1v) is 7.08. The lowest BCUT2D eigenvalue weighted by molar-refractivity contribution is 0.311. The monoisotopic (exact) mass is 439 g/mol. The zero-order chi connectivity index (χ0) is 15.7. The van der Waals surface area contributed by atoms with E-state index in [2.05, 4.69) is 22.2 Å². The van der Waals surface area contributed by atoms with Gasteiger partial charge < -0.3 is 20.1 Å². The molecule has 0 saturated carbocycles. The van der Waals surface area contributed by atoms with Gasteiger partial charge in [-0.3, -0.25) is 4.99 Å². The van der Waals surface area contributed by atoms with Gasteiger partial charge in [0.1, 0.15) is 0 Å². The van der Waals surface area contributed by atoms with Crippen LogP contribution in [0.3, 0.4) is 0 Å². The molecular formula is C15H23ClIN3O2. The number of hydrogen-bond acceptors (Lipinski definition) is 3. The van der Waals surface area contributed by atoms with Crippen molar-refractivity contribution in [3.05, 3.63) is 35.4 Å². The van der Waals surface area contributed by atoms with Gasteiger partial charge in [0.15, 0.2) is 17.5 Å². The fourth-order valence-corrected chi connectivity index (χ4v) is 2.02. The lowest BCUT2D eigenvalue weighted by Gasteiger charge is -2.14. The van der Waals surface area contributed by atoms with E-state index in [4.69, 9.17) is 21.1 Å². The molecule has 0 radical (unpaired) electrons. The number of benzene rings is 1. The van der Waals surface area contributed by atoms with Crippen molar-refractivity contribution in [3.8, 4) is 11.5 Å². The summed E-state index contributed by atoms with van der Waals surface area (Å²) in [5, 5.41) is 6.81. The number of aliphatic imine (C=N–C) groups is 1. The number of halogens is 2. The topological polar surface area (TPSA) is 54.9 Å². The number of nitrogens with zero attached hydrogens (tertiary/aromatic N) is 1. The molecule has 22 heavy (non-hydrogen) atoms. The van der Waals surface area contributed by atoms with Crippen molar-refractivity contribution < 1.29 is 9.47 Å². The van der Waals surface area contributed by atoms with Crippen LogP contribution in [0.5, 0.6) is 11.5 Å². The van der Waals surface area contributed by atoms with Crippen LogP contribution in [0.4, 0.5) is 0 Å². The molecule has 0 aliphatic rings. The van der Waals surface area contributed by atoms with Crippen LogP contribution >= 0.6 is 35.6 Å². The summed E-state index contributed by atoms with van der Waals surface area (Å²) in [5.41, 5.74) is 0.974. The number of ether oxygens (including phenoxy) is 2. The van der Waals surface area contributed by atoms with E-state index in [1.54, 1.807) is 20.2 Å². The molecule has 1 aromatic carbocycles. The van der Waals surface area contributed by atoms with E-state index in [0.29, 0.717) is 42.2 Å². The third-order valence-electron chi connectivity index (χ3n) is 2.68. The molecule has 0 atom stereocenters. The molecule has 0 fully saturated rings. The summed E-state index contributed by atoms with van der Waals surface area (Å²) in [7, 11) is 3.31. The fourth-order valence-electron chi connectivity index (χ4n) is 1.73. The fraction of sp³-hybridized carbons (Fsp3) is 0.400. The molecule has 124 valence electrons. The standard InChI is InChI=1S/C15H22ClN3O2.HI/c1-5-7-18-15(17-3)19-10-11-8-12(16)14(21-6-2)13(9-11)20-4;/h5,8-9H,1,6-7,10H2,2-4H3,(H2,17,18,19);1H. The molecule has 0 unspecified atom stereocenters. The van der Waals surface area contributed by atoms with Crippen LogP contribution in [-0.2, 0) is 6.54 Å². The number of nitrogens with one attached hydrogen (secondary N) is 2.